The molecule has 0 aromatic carbocycles. The molecule has 2 unspecified atom stereocenters. The summed E-state index contributed by atoms with van der Waals surface area (Å²) in [5, 5.41) is 3.58. The van der Waals surface area contributed by atoms with Gasteiger partial charge >= 0.3 is 6.09 Å². The van der Waals surface area contributed by atoms with Crippen molar-refractivity contribution in [2.45, 2.75) is 45.8 Å². The zero-order valence-electron chi connectivity index (χ0n) is 13.9. The van der Waals surface area contributed by atoms with Crippen LogP contribution in [0.15, 0.2) is 0 Å². The van der Waals surface area contributed by atoms with Gasteiger partial charge in [0, 0.05) is 26.2 Å². The van der Waals surface area contributed by atoms with Crippen molar-refractivity contribution in [3.8, 4) is 0 Å². The third-order valence-corrected chi connectivity index (χ3v) is 3.44. The summed E-state index contributed by atoms with van der Waals surface area (Å²) in [6, 6.07) is 0.592. The van der Waals surface area contributed by atoms with E-state index in [0.29, 0.717) is 18.5 Å². The van der Waals surface area contributed by atoms with Crippen LogP contribution in [-0.4, -0.2) is 67.8 Å². The van der Waals surface area contributed by atoms with E-state index < -0.39 is 5.60 Å². The van der Waals surface area contributed by atoms with Gasteiger partial charge in [0.1, 0.15) is 5.60 Å². The molecule has 5 nitrogen and oxygen atoms in total. The van der Waals surface area contributed by atoms with E-state index in [1.807, 2.05) is 20.8 Å². The summed E-state index contributed by atoms with van der Waals surface area (Å²) >= 11 is 0. The molecule has 0 saturated carbocycles. The lowest BCUT2D eigenvalue weighted by Gasteiger charge is -2.27. The Hall–Kier alpha value is -0.810. The van der Waals surface area contributed by atoms with E-state index in [9.17, 15) is 4.79 Å². The van der Waals surface area contributed by atoms with Gasteiger partial charge in [0.15, 0.2) is 0 Å². The van der Waals surface area contributed by atoms with Crippen molar-refractivity contribution in [1.82, 2.24) is 15.1 Å². The molecule has 118 valence electrons. The Bertz CT molecular complexity index is 315. The van der Waals surface area contributed by atoms with Gasteiger partial charge in [-0.2, -0.15) is 0 Å². The standard InChI is InChI=1S/C15H31N3O2/c1-12(9-16-13-7-8-17(5)11-13)10-18(6)14(19)20-15(2,3)4/h12-13,16H,7-11H2,1-6H3. The molecule has 0 aromatic rings. The highest BCUT2D eigenvalue weighted by atomic mass is 16.6. The minimum atomic E-state index is -0.429. The van der Waals surface area contributed by atoms with Crippen LogP contribution in [0.1, 0.15) is 34.1 Å². The summed E-state index contributed by atoms with van der Waals surface area (Å²) in [6.07, 6.45) is 0.968. The van der Waals surface area contributed by atoms with Crippen molar-refractivity contribution in [1.29, 1.82) is 0 Å². The van der Waals surface area contributed by atoms with Crippen molar-refractivity contribution in [3.63, 3.8) is 0 Å². The maximum atomic E-state index is 11.9. The van der Waals surface area contributed by atoms with Crippen molar-refractivity contribution in [2.75, 3.05) is 40.3 Å². The number of hydrogen-bond donors (Lipinski definition) is 1. The Labute approximate surface area is 123 Å². The van der Waals surface area contributed by atoms with E-state index >= 15 is 0 Å². The van der Waals surface area contributed by atoms with Crippen LogP contribution in [0.2, 0.25) is 0 Å². The van der Waals surface area contributed by atoms with Crippen LogP contribution in [0.25, 0.3) is 0 Å². The highest BCUT2D eigenvalue weighted by molar-refractivity contribution is 5.67. The van der Waals surface area contributed by atoms with E-state index in [0.717, 1.165) is 13.1 Å². The molecule has 20 heavy (non-hydrogen) atoms. The molecule has 1 aliphatic rings. The van der Waals surface area contributed by atoms with E-state index in [1.54, 1.807) is 11.9 Å². The zero-order valence-corrected chi connectivity index (χ0v) is 13.9. The largest absolute Gasteiger partial charge is 0.444 e. The summed E-state index contributed by atoms with van der Waals surface area (Å²) in [5.74, 6) is 0.415. The number of likely N-dealkylation sites (N-methyl/N-ethyl adjacent to an activating group) is 1. The molecule has 0 aromatic heterocycles. The highest BCUT2D eigenvalue weighted by Gasteiger charge is 2.22. The molecule has 2 atom stereocenters. The number of likely N-dealkylation sites (tertiary alicyclic amines) is 1. The van der Waals surface area contributed by atoms with Crippen molar-refractivity contribution in [2.24, 2.45) is 5.92 Å². The molecule has 1 aliphatic heterocycles. The maximum Gasteiger partial charge on any atom is 0.410 e. The van der Waals surface area contributed by atoms with Crippen LogP contribution in [0.4, 0.5) is 4.79 Å². The van der Waals surface area contributed by atoms with Crippen LogP contribution in [0.3, 0.4) is 0 Å². The van der Waals surface area contributed by atoms with Gasteiger partial charge in [-0.05, 0) is 53.2 Å². The van der Waals surface area contributed by atoms with Gasteiger partial charge in [-0.3, -0.25) is 0 Å². The number of hydrogen-bond acceptors (Lipinski definition) is 4. The molecule has 0 aliphatic carbocycles. The molecule has 0 radical (unpaired) electrons. The van der Waals surface area contributed by atoms with Crippen LogP contribution >= 0.6 is 0 Å². The molecule has 1 heterocycles. The van der Waals surface area contributed by atoms with E-state index in [-0.39, 0.29) is 6.09 Å². The monoisotopic (exact) mass is 285 g/mol. The first-order valence-electron chi connectivity index (χ1n) is 7.53. The molecule has 1 saturated heterocycles. The van der Waals surface area contributed by atoms with Crippen LogP contribution in [-0.2, 0) is 4.74 Å². The summed E-state index contributed by atoms with van der Waals surface area (Å²) in [6.45, 7) is 11.8. The highest BCUT2D eigenvalue weighted by Crippen LogP contribution is 2.11. The first kappa shape index (κ1) is 17.2. The Kier molecular flexibility index (Phi) is 6.27. The summed E-state index contributed by atoms with van der Waals surface area (Å²) in [5.41, 5.74) is -0.429. The van der Waals surface area contributed by atoms with Gasteiger partial charge in [-0.25, -0.2) is 4.79 Å². The molecule has 5 heteroatoms. The van der Waals surface area contributed by atoms with Gasteiger partial charge in [0.2, 0.25) is 0 Å². The molecular formula is C15H31N3O2. The second kappa shape index (κ2) is 7.27. The van der Waals surface area contributed by atoms with Crippen LogP contribution < -0.4 is 5.32 Å². The summed E-state index contributed by atoms with van der Waals surface area (Å²) < 4.78 is 5.35. The second-order valence-electron chi connectivity index (χ2n) is 7.12. The summed E-state index contributed by atoms with van der Waals surface area (Å²) in [4.78, 5) is 15.9. The third kappa shape index (κ3) is 6.57. The van der Waals surface area contributed by atoms with E-state index in [2.05, 4.69) is 24.2 Å². The number of amides is 1. The molecule has 1 amide bonds. The third-order valence-electron chi connectivity index (χ3n) is 3.44. The predicted molar refractivity (Wildman–Crippen MR) is 81.9 cm³/mol. The predicted octanol–water partition coefficient (Wildman–Crippen LogP) is 1.78. The Morgan fingerprint density at radius 2 is 2.15 bits per heavy atom. The maximum absolute atomic E-state index is 11.9. The Balaban J connectivity index is 2.23. The molecule has 0 spiro atoms. The average molecular weight is 285 g/mol. The molecule has 1 N–H and O–H groups in total. The second-order valence-corrected chi connectivity index (χ2v) is 7.12. The lowest BCUT2D eigenvalue weighted by atomic mass is 10.1. The van der Waals surface area contributed by atoms with Gasteiger partial charge in [0.25, 0.3) is 0 Å². The Morgan fingerprint density at radius 1 is 1.50 bits per heavy atom. The van der Waals surface area contributed by atoms with Crippen molar-refractivity contribution >= 4 is 6.09 Å². The molecule has 0 bridgehead atoms. The average Bonchev–Trinajstić information content (AvgIpc) is 2.70. The number of carbonyl (C=O) groups excluding carboxylic acids is 1. The zero-order chi connectivity index (χ0) is 15.3. The number of rotatable bonds is 5. The normalized spacial score (nSPS) is 21.8. The van der Waals surface area contributed by atoms with Crippen molar-refractivity contribution < 1.29 is 9.53 Å². The van der Waals surface area contributed by atoms with Gasteiger partial charge in [-0.15, -0.1) is 0 Å². The number of nitrogens with zero attached hydrogens (tertiary/aromatic N) is 2. The first-order chi connectivity index (χ1) is 9.17. The minimum absolute atomic E-state index is 0.245. The quantitative estimate of drug-likeness (QED) is 0.836. The van der Waals surface area contributed by atoms with Gasteiger partial charge in [-0.1, -0.05) is 6.92 Å². The Morgan fingerprint density at radius 3 is 2.65 bits per heavy atom. The van der Waals surface area contributed by atoms with Crippen LogP contribution in [0.5, 0.6) is 0 Å². The number of carbonyl (C=O) groups is 1. The summed E-state index contributed by atoms with van der Waals surface area (Å²) in [7, 11) is 3.95. The molecule has 1 fully saturated rings. The number of ether oxygens (including phenoxy) is 1. The topological polar surface area (TPSA) is 44.8 Å². The lowest BCUT2D eigenvalue weighted by molar-refractivity contribution is 0.0276. The fourth-order valence-corrected chi connectivity index (χ4v) is 2.42. The minimum Gasteiger partial charge on any atom is -0.444 e. The smallest absolute Gasteiger partial charge is 0.410 e. The fraction of sp³-hybridized carbons (Fsp3) is 0.933. The van der Waals surface area contributed by atoms with E-state index in [1.165, 1.54) is 13.0 Å². The fourth-order valence-electron chi connectivity index (χ4n) is 2.42. The molecular weight excluding hydrogens is 254 g/mol. The van der Waals surface area contributed by atoms with Gasteiger partial charge in [0.05, 0.1) is 0 Å². The number of nitrogens with one attached hydrogen (secondary N) is 1. The van der Waals surface area contributed by atoms with Gasteiger partial charge < -0.3 is 19.9 Å². The lowest BCUT2D eigenvalue weighted by Crippen LogP contribution is -2.40. The molecule has 1 rings (SSSR count). The first-order valence-corrected chi connectivity index (χ1v) is 7.53. The van der Waals surface area contributed by atoms with Crippen molar-refractivity contribution in [3.05, 3.63) is 0 Å². The SMILES string of the molecule is CC(CNC1CCN(C)C1)CN(C)C(=O)OC(C)(C)C. The van der Waals surface area contributed by atoms with Crippen LogP contribution in [0, 0.1) is 5.92 Å². The van der Waals surface area contributed by atoms with E-state index in [4.69, 9.17) is 4.74 Å².